The number of benzene rings is 2. The number of nitrogens with one attached hydrogen (secondary N) is 3. The number of amides is 1. The van der Waals surface area contributed by atoms with Crippen LogP contribution in [0.25, 0.3) is 0 Å². The maximum Gasteiger partial charge on any atom is 0.247 e. The van der Waals surface area contributed by atoms with E-state index in [4.69, 9.17) is 16.3 Å². The summed E-state index contributed by atoms with van der Waals surface area (Å²) in [5.41, 5.74) is 3.27. The minimum absolute atomic E-state index is 0.290. The summed E-state index contributed by atoms with van der Waals surface area (Å²) in [5.74, 6) is 1.76. The minimum atomic E-state index is -0.290. The van der Waals surface area contributed by atoms with Gasteiger partial charge >= 0.3 is 0 Å². The van der Waals surface area contributed by atoms with Gasteiger partial charge in [-0.3, -0.25) is 4.79 Å². The van der Waals surface area contributed by atoms with Gasteiger partial charge in [0, 0.05) is 11.4 Å². The molecule has 0 unspecified atom stereocenters. The summed E-state index contributed by atoms with van der Waals surface area (Å²) in [6, 6.07) is 13.2. The lowest BCUT2D eigenvalue weighted by molar-refractivity contribution is -0.111. The number of hydrogen-bond donors (Lipinski definition) is 3. The molecule has 0 radical (unpaired) electrons. The van der Waals surface area contributed by atoms with Crippen LogP contribution in [0.4, 0.5) is 28.8 Å². The molecule has 166 valence electrons. The van der Waals surface area contributed by atoms with Gasteiger partial charge in [0.2, 0.25) is 11.9 Å². The molecule has 8 heteroatoms. The Morgan fingerprint density at radius 3 is 2.69 bits per heavy atom. The Labute approximate surface area is 192 Å². The van der Waals surface area contributed by atoms with E-state index in [0.717, 1.165) is 12.1 Å². The number of carbonyl (C=O) groups is 1. The molecular formula is C24H26ClN5O2. The number of anilines is 5. The number of aromatic nitrogens is 2. The third-order valence-corrected chi connectivity index (χ3v) is 4.76. The predicted octanol–water partition coefficient (Wildman–Crippen LogP) is 5.95. The standard InChI is InChI=1S/C24H26ClN5O2/c1-5-22(31)27-17-7-6-8-18(13-17)28-23-19(25)14-26-24(30-23)29-20-10-9-16(11-15(2)3)12-21(20)32-4/h5-10,12-15H,1,11H2,2-4H3,(H,27,31)(H2,26,28,29,30). The van der Waals surface area contributed by atoms with E-state index in [-0.39, 0.29) is 5.91 Å². The molecule has 1 aromatic heterocycles. The van der Waals surface area contributed by atoms with E-state index >= 15 is 0 Å². The Morgan fingerprint density at radius 1 is 1.19 bits per heavy atom. The lowest BCUT2D eigenvalue weighted by Crippen LogP contribution is -2.07. The van der Waals surface area contributed by atoms with Crippen LogP contribution in [-0.2, 0) is 11.2 Å². The van der Waals surface area contributed by atoms with Crippen LogP contribution in [0.5, 0.6) is 5.75 Å². The van der Waals surface area contributed by atoms with E-state index < -0.39 is 0 Å². The normalized spacial score (nSPS) is 10.5. The number of halogens is 1. The van der Waals surface area contributed by atoms with E-state index in [2.05, 4.69) is 52.4 Å². The van der Waals surface area contributed by atoms with Crippen molar-refractivity contribution in [2.24, 2.45) is 5.92 Å². The van der Waals surface area contributed by atoms with Gasteiger partial charge in [0.1, 0.15) is 10.8 Å². The van der Waals surface area contributed by atoms with Crippen LogP contribution < -0.4 is 20.7 Å². The Balaban J connectivity index is 1.80. The average Bonchev–Trinajstić information content (AvgIpc) is 2.76. The minimum Gasteiger partial charge on any atom is -0.495 e. The summed E-state index contributed by atoms with van der Waals surface area (Å²) in [6.45, 7) is 7.81. The van der Waals surface area contributed by atoms with Crippen molar-refractivity contribution in [3.63, 3.8) is 0 Å². The molecule has 1 heterocycles. The smallest absolute Gasteiger partial charge is 0.247 e. The molecule has 7 nitrogen and oxygen atoms in total. The molecule has 3 aromatic rings. The summed E-state index contributed by atoms with van der Waals surface area (Å²) in [7, 11) is 1.63. The van der Waals surface area contributed by atoms with Crippen molar-refractivity contribution in [3.8, 4) is 5.75 Å². The SMILES string of the molecule is C=CC(=O)Nc1cccc(Nc2nc(Nc3ccc(CC(C)C)cc3OC)ncc2Cl)c1. The highest BCUT2D eigenvalue weighted by Gasteiger charge is 2.11. The molecule has 0 bridgehead atoms. The molecule has 0 atom stereocenters. The molecule has 0 saturated heterocycles. The zero-order valence-electron chi connectivity index (χ0n) is 18.3. The molecule has 0 saturated carbocycles. The molecule has 0 aliphatic rings. The van der Waals surface area contributed by atoms with Gasteiger partial charge < -0.3 is 20.7 Å². The van der Waals surface area contributed by atoms with E-state index in [1.165, 1.54) is 17.8 Å². The molecule has 0 aliphatic heterocycles. The fourth-order valence-electron chi connectivity index (χ4n) is 3.08. The third kappa shape index (κ3) is 6.21. The Bertz CT molecular complexity index is 1120. The van der Waals surface area contributed by atoms with E-state index in [1.54, 1.807) is 25.3 Å². The van der Waals surface area contributed by atoms with Gasteiger partial charge in [0.25, 0.3) is 0 Å². The summed E-state index contributed by atoms with van der Waals surface area (Å²) < 4.78 is 5.54. The first kappa shape index (κ1) is 23.1. The lowest BCUT2D eigenvalue weighted by atomic mass is 10.0. The van der Waals surface area contributed by atoms with Crippen LogP contribution in [0.3, 0.4) is 0 Å². The van der Waals surface area contributed by atoms with Crippen LogP contribution in [0, 0.1) is 5.92 Å². The average molecular weight is 452 g/mol. The van der Waals surface area contributed by atoms with E-state index in [0.29, 0.717) is 39.8 Å². The lowest BCUT2D eigenvalue weighted by Gasteiger charge is -2.14. The van der Waals surface area contributed by atoms with Gasteiger partial charge in [-0.05, 0) is 54.3 Å². The first-order valence-electron chi connectivity index (χ1n) is 10.1. The number of carbonyl (C=O) groups excluding carboxylic acids is 1. The molecule has 0 aliphatic carbocycles. The topological polar surface area (TPSA) is 88.2 Å². The number of rotatable bonds is 9. The van der Waals surface area contributed by atoms with Crippen molar-refractivity contribution >= 4 is 46.3 Å². The van der Waals surface area contributed by atoms with Crippen molar-refractivity contribution in [1.82, 2.24) is 9.97 Å². The van der Waals surface area contributed by atoms with Crippen LogP contribution >= 0.6 is 11.6 Å². The van der Waals surface area contributed by atoms with Crippen molar-refractivity contribution in [3.05, 3.63) is 71.9 Å². The summed E-state index contributed by atoms with van der Waals surface area (Å²) >= 11 is 6.30. The zero-order chi connectivity index (χ0) is 23.1. The first-order valence-corrected chi connectivity index (χ1v) is 10.5. The van der Waals surface area contributed by atoms with Crippen molar-refractivity contribution < 1.29 is 9.53 Å². The molecule has 1 amide bonds. The number of hydrogen-bond acceptors (Lipinski definition) is 6. The maximum atomic E-state index is 11.5. The second kappa shape index (κ2) is 10.6. The Kier molecular flexibility index (Phi) is 7.68. The van der Waals surface area contributed by atoms with Gasteiger partial charge in [-0.1, -0.05) is 44.2 Å². The zero-order valence-corrected chi connectivity index (χ0v) is 19.0. The molecule has 32 heavy (non-hydrogen) atoms. The molecule has 0 fully saturated rings. The quantitative estimate of drug-likeness (QED) is 0.348. The van der Waals surface area contributed by atoms with Gasteiger partial charge in [-0.2, -0.15) is 4.98 Å². The van der Waals surface area contributed by atoms with Gasteiger partial charge in [0.15, 0.2) is 5.82 Å². The highest BCUT2D eigenvalue weighted by molar-refractivity contribution is 6.32. The Hall–Kier alpha value is -3.58. The van der Waals surface area contributed by atoms with E-state index in [9.17, 15) is 4.79 Å². The third-order valence-electron chi connectivity index (χ3n) is 4.48. The van der Waals surface area contributed by atoms with Crippen molar-refractivity contribution in [1.29, 1.82) is 0 Å². The van der Waals surface area contributed by atoms with Crippen LogP contribution in [0.2, 0.25) is 5.02 Å². The largest absolute Gasteiger partial charge is 0.495 e. The molecule has 3 rings (SSSR count). The van der Waals surface area contributed by atoms with Crippen LogP contribution in [0.1, 0.15) is 19.4 Å². The summed E-state index contributed by atoms with van der Waals surface area (Å²) in [4.78, 5) is 20.3. The number of ether oxygens (including phenoxy) is 1. The van der Waals surface area contributed by atoms with Crippen LogP contribution in [-0.4, -0.2) is 23.0 Å². The van der Waals surface area contributed by atoms with Crippen molar-refractivity contribution in [2.45, 2.75) is 20.3 Å². The fourth-order valence-corrected chi connectivity index (χ4v) is 3.22. The molecule has 2 aromatic carbocycles. The summed E-state index contributed by atoms with van der Waals surface area (Å²) in [6.07, 6.45) is 3.69. The van der Waals surface area contributed by atoms with Gasteiger partial charge in [-0.15, -0.1) is 0 Å². The monoisotopic (exact) mass is 451 g/mol. The van der Waals surface area contributed by atoms with Crippen molar-refractivity contribution in [2.75, 3.05) is 23.1 Å². The molecular weight excluding hydrogens is 426 g/mol. The molecule has 0 spiro atoms. The van der Waals surface area contributed by atoms with E-state index in [1.807, 2.05) is 18.2 Å². The fraction of sp³-hybridized carbons (Fsp3) is 0.208. The van der Waals surface area contributed by atoms with Gasteiger partial charge in [0.05, 0.1) is 19.0 Å². The highest BCUT2D eigenvalue weighted by Crippen LogP contribution is 2.30. The summed E-state index contributed by atoms with van der Waals surface area (Å²) in [5, 5.41) is 9.42. The molecule has 3 N–H and O–H groups in total. The predicted molar refractivity (Wildman–Crippen MR) is 130 cm³/mol. The second-order valence-electron chi connectivity index (χ2n) is 7.55. The van der Waals surface area contributed by atoms with Gasteiger partial charge in [-0.25, -0.2) is 4.98 Å². The number of nitrogens with zero attached hydrogens (tertiary/aromatic N) is 2. The first-order chi connectivity index (χ1) is 15.4. The maximum absolute atomic E-state index is 11.5. The van der Waals surface area contributed by atoms with Crippen LogP contribution in [0.15, 0.2) is 61.3 Å². The Morgan fingerprint density at radius 2 is 1.97 bits per heavy atom. The highest BCUT2D eigenvalue weighted by atomic mass is 35.5. The number of methoxy groups -OCH3 is 1. The second-order valence-corrected chi connectivity index (χ2v) is 7.95.